The van der Waals surface area contributed by atoms with Gasteiger partial charge in [-0.05, 0) is 36.8 Å². The van der Waals surface area contributed by atoms with Gasteiger partial charge in [-0.15, -0.1) is 11.3 Å². The quantitative estimate of drug-likeness (QED) is 0.470. The van der Waals surface area contributed by atoms with Gasteiger partial charge in [0.1, 0.15) is 11.6 Å². The third-order valence-electron chi connectivity index (χ3n) is 4.23. The average Bonchev–Trinajstić information content (AvgIpc) is 3.24. The van der Waals surface area contributed by atoms with E-state index in [1.165, 1.54) is 11.3 Å². The topological polar surface area (TPSA) is 76.1 Å². The zero-order valence-electron chi connectivity index (χ0n) is 17.3. The van der Waals surface area contributed by atoms with Crippen molar-refractivity contribution in [2.24, 2.45) is 0 Å². The summed E-state index contributed by atoms with van der Waals surface area (Å²) < 4.78 is 26.8. The lowest BCUT2D eigenvalue weighted by molar-refractivity contribution is -0.147. The van der Waals surface area contributed by atoms with Crippen LogP contribution in [0.2, 0.25) is 0 Å². The van der Waals surface area contributed by atoms with Gasteiger partial charge in [-0.2, -0.15) is 0 Å². The number of rotatable bonds is 9. The Morgan fingerprint density at radius 2 is 1.80 bits per heavy atom. The van der Waals surface area contributed by atoms with Crippen LogP contribution in [0.15, 0.2) is 41.8 Å². The molecule has 0 radical (unpaired) electrons. The van der Waals surface area contributed by atoms with Gasteiger partial charge in [-0.1, -0.05) is 12.1 Å². The summed E-state index contributed by atoms with van der Waals surface area (Å²) in [6, 6.07) is 11.1. The maximum Gasteiger partial charge on any atom is 0.344 e. The molecule has 0 unspecified atom stereocenters. The number of carbonyl (C=O) groups is 1. The molecule has 0 spiro atoms. The van der Waals surface area contributed by atoms with E-state index in [1.807, 2.05) is 42.6 Å². The first kappa shape index (κ1) is 21.4. The van der Waals surface area contributed by atoms with Crippen LogP contribution in [0, 0.1) is 6.92 Å². The van der Waals surface area contributed by atoms with Crippen molar-refractivity contribution in [1.82, 2.24) is 4.98 Å². The van der Waals surface area contributed by atoms with Gasteiger partial charge >= 0.3 is 5.97 Å². The number of thiazole rings is 1. The molecule has 0 saturated heterocycles. The van der Waals surface area contributed by atoms with Crippen LogP contribution in [0.4, 0.5) is 0 Å². The molecule has 0 saturated carbocycles. The fraction of sp³-hybridized carbons (Fsp3) is 0.273. The minimum atomic E-state index is -0.494. The maximum atomic E-state index is 12.1. The number of ether oxygens (including phenoxy) is 5. The molecule has 3 rings (SSSR count). The van der Waals surface area contributed by atoms with Crippen molar-refractivity contribution in [1.29, 1.82) is 0 Å². The molecule has 0 amide bonds. The summed E-state index contributed by atoms with van der Waals surface area (Å²) in [5.74, 6) is 1.80. The van der Waals surface area contributed by atoms with Gasteiger partial charge < -0.3 is 23.7 Å². The lowest BCUT2D eigenvalue weighted by atomic mass is 10.2. The predicted octanol–water partition coefficient (Wildman–Crippen LogP) is 4.27. The van der Waals surface area contributed by atoms with Gasteiger partial charge in [0, 0.05) is 5.38 Å². The van der Waals surface area contributed by atoms with E-state index in [1.54, 1.807) is 27.4 Å². The fourth-order valence-corrected chi connectivity index (χ4v) is 3.61. The molecule has 30 heavy (non-hydrogen) atoms. The number of benzene rings is 2. The van der Waals surface area contributed by atoms with Crippen LogP contribution < -0.4 is 18.9 Å². The molecule has 1 heterocycles. The van der Waals surface area contributed by atoms with Crippen molar-refractivity contribution >= 4 is 17.3 Å². The second kappa shape index (κ2) is 9.98. The standard InChI is InChI=1S/C22H23NO6S/c1-14-8-9-17(19(10-14)26-3)28-12-20(24)29-11-15-13-30-22(23-15)16-6-5-7-18(25-2)21(16)27-4/h5-10,13H,11-12H2,1-4H3. The summed E-state index contributed by atoms with van der Waals surface area (Å²) in [5, 5.41) is 2.59. The normalized spacial score (nSPS) is 10.4. The van der Waals surface area contributed by atoms with Gasteiger partial charge in [-0.3, -0.25) is 0 Å². The van der Waals surface area contributed by atoms with Crippen molar-refractivity contribution in [2.75, 3.05) is 27.9 Å². The third-order valence-corrected chi connectivity index (χ3v) is 5.16. The lowest BCUT2D eigenvalue weighted by Crippen LogP contribution is -2.15. The first-order chi connectivity index (χ1) is 14.5. The molecule has 7 nitrogen and oxygen atoms in total. The minimum Gasteiger partial charge on any atom is -0.493 e. The van der Waals surface area contributed by atoms with Crippen LogP contribution in [-0.2, 0) is 16.1 Å². The van der Waals surface area contributed by atoms with Crippen molar-refractivity contribution in [3.63, 3.8) is 0 Å². The number of hydrogen-bond donors (Lipinski definition) is 0. The summed E-state index contributed by atoms with van der Waals surface area (Å²) in [4.78, 5) is 16.6. The molecular weight excluding hydrogens is 406 g/mol. The zero-order valence-corrected chi connectivity index (χ0v) is 18.1. The van der Waals surface area contributed by atoms with Crippen molar-refractivity contribution < 1.29 is 28.5 Å². The highest BCUT2D eigenvalue weighted by Gasteiger charge is 2.15. The Kier molecular flexibility index (Phi) is 7.13. The van der Waals surface area contributed by atoms with Gasteiger partial charge in [0.05, 0.1) is 32.6 Å². The number of nitrogens with zero attached hydrogens (tertiary/aromatic N) is 1. The molecule has 3 aromatic rings. The predicted molar refractivity (Wildman–Crippen MR) is 114 cm³/mol. The second-order valence-corrected chi connectivity index (χ2v) is 7.15. The second-order valence-electron chi connectivity index (χ2n) is 6.29. The van der Waals surface area contributed by atoms with Gasteiger partial charge in [0.2, 0.25) is 0 Å². The highest BCUT2D eigenvalue weighted by Crippen LogP contribution is 2.39. The SMILES string of the molecule is COc1cc(C)ccc1OCC(=O)OCc1csc(-c2cccc(OC)c2OC)n1. The van der Waals surface area contributed by atoms with E-state index in [4.69, 9.17) is 23.7 Å². The summed E-state index contributed by atoms with van der Waals surface area (Å²) in [5.41, 5.74) is 2.49. The number of aromatic nitrogens is 1. The summed E-state index contributed by atoms with van der Waals surface area (Å²) in [6.45, 7) is 1.78. The Labute approximate surface area is 179 Å². The molecule has 8 heteroatoms. The van der Waals surface area contributed by atoms with Crippen LogP contribution in [0.3, 0.4) is 0 Å². The first-order valence-electron chi connectivity index (χ1n) is 9.14. The van der Waals surface area contributed by atoms with Crippen molar-refractivity contribution in [2.45, 2.75) is 13.5 Å². The van der Waals surface area contributed by atoms with E-state index in [0.29, 0.717) is 28.7 Å². The van der Waals surface area contributed by atoms with E-state index in [9.17, 15) is 4.79 Å². The molecule has 0 fully saturated rings. The Bertz CT molecular complexity index is 1020. The van der Waals surface area contributed by atoms with Crippen LogP contribution in [0.1, 0.15) is 11.3 Å². The smallest absolute Gasteiger partial charge is 0.344 e. The summed E-state index contributed by atoms with van der Waals surface area (Å²) >= 11 is 1.43. The minimum absolute atomic E-state index is 0.0516. The number of esters is 1. The summed E-state index contributed by atoms with van der Waals surface area (Å²) in [7, 11) is 4.72. The van der Waals surface area contributed by atoms with E-state index >= 15 is 0 Å². The maximum absolute atomic E-state index is 12.1. The Morgan fingerprint density at radius 3 is 2.53 bits per heavy atom. The monoisotopic (exact) mass is 429 g/mol. The highest BCUT2D eigenvalue weighted by atomic mass is 32.1. The van der Waals surface area contributed by atoms with E-state index in [-0.39, 0.29) is 13.2 Å². The molecule has 0 N–H and O–H groups in total. The molecule has 0 aliphatic rings. The van der Waals surface area contributed by atoms with Crippen molar-refractivity contribution in [3.8, 4) is 33.6 Å². The highest BCUT2D eigenvalue weighted by molar-refractivity contribution is 7.13. The van der Waals surface area contributed by atoms with Crippen molar-refractivity contribution in [3.05, 3.63) is 53.0 Å². The van der Waals surface area contributed by atoms with E-state index in [2.05, 4.69) is 4.98 Å². The molecule has 0 bridgehead atoms. The van der Waals surface area contributed by atoms with Gasteiger partial charge in [0.25, 0.3) is 0 Å². The lowest BCUT2D eigenvalue weighted by Gasteiger charge is -2.11. The number of methoxy groups -OCH3 is 3. The molecule has 2 aromatic carbocycles. The average molecular weight is 429 g/mol. The Hall–Kier alpha value is -3.26. The van der Waals surface area contributed by atoms with Gasteiger partial charge in [-0.25, -0.2) is 9.78 Å². The largest absolute Gasteiger partial charge is 0.493 e. The molecule has 0 atom stereocenters. The number of hydrogen-bond acceptors (Lipinski definition) is 8. The first-order valence-corrected chi connectivity index (χ1v) is 10.0. The third kappa shape index (κ3) is 5.01. The van der Waals surface area contributed by atoms with Crippen LogP contribution in [0.25, 0.3) is 10.6 Å². The van der Waals surface area contributed by atoms with E-state index < -0.39 is 5.97 Å². The number of carbonyl (C=O) groups excluding carboxylic acids is 1. The van der Waals surface area contributed by atoms with Crippen LogP contribution >= 0.6 is 11.3 Å². The zero-order chi connectivity index (χ0) is 21.5. The molecular formula is C22H23NO6S. The Morgan fingerprint density at radius 1 is 1.00 bits per heavy atom. The fourth-order valence-electron chi connectivity index (χ4n) is 2.78. The molecule has 158 valence electrons. The van der Waals surface area contributed by atoms with E-state index in [0.717, 1.165) is 16.1 Å². The number of para-hydroxylation sites is 1. The summed E-state index contributed by atoms with van der Waals surface area (Å²) in [6.07, 6.45) is 0. The van der Waals surface area contributed by atoms with Gasteiger partial charge in [0.15, 0.2) is 29.6 Å². The Balaban J connectivity index is 1.59. The molecule has 0 aliphatic heterocycles. The molecule has 1 aromatic heterocycles. The molecule has 0 aliphatic carbocycles. The number of aryl methyl sites for hydroxylation is 1. The van der Waals surface area contributed by atoms with Crippen LogP contribution in [0.5, 0.6) is 23.0 Å². The van der Waals surface area contributed by atoms with Crippen LogP contribution in [-0.4, -0.2) is 38.9 Å².